The smallest absolute Gasteiger partial charge is 0.0843 e. The van der Waals surface area contributed by atoms with E-state index in [1.54, 1.807) is 6.92 Å². The highest BCUT2D eigenvalue weighted by atomic mass is 16.4. The van der Waals surface area contributed by atoms with Crippen LogP contribution in [0.25, 0.3) is 11.6 Å². The van der Waals surface area contributed by atoms with Gasteiger partial charge in [-0.3, -0.25) is 0 Å². The van der Waals surface area contributed by atoms with Crippen molar-refractivity contribution >= 4 is 17.4 Å². The first-order valence-corrected chi connectivity index (χ1v) is 6.64. The Morgan fingerprint density at radius 1 is 0.900 bits per heavy atom. The summed E-state index contributed by atoms with van der Waals surface area (Å²) in [6, 6.07) is 16.5. The Hall–Kier alpha value is -2.35. The number of aryl methyl sites for hydroxylation is 2. The maximum absolute atomic E-state index is 9.09. The molecule has 0 aliphatic heterocycles. The molecule has 0 saturated heterocycles. The molecule has 20 heavy (non-hydrogen) atoms. The van der Waals surface area contributed by atoms with Crippen LogP contribution in [0.4, 0.5) is 0 Å². The quantitative estimate of drug-likeness (QED) is 0.371. The maximum atomic E-state index is 9.09. The van der Waals surface area contributed by atoms with Gasteiger partial charge in [0.1, 0.15) is 0 Å². The first kappa shape index (κ1) is 14.1. The molecule has 0 aromatic heterocycles. The van der Waals surface area contributed by atoms with E-state index in [2.05, 4.69) is 55.4 Å². The maximum Gasteiger partial charge on any atom is 0.0843 e. The van der Waals surface area contributed by atoms with Crippen molar-refractivity contribution < 1.29 is 5.21 Å². The minimum absolute atomic E-state index is 0.606. The van der Waals surface area contributed by atoms with Crippen molar-refractivity contribution in [2.75, 3.05) is 0 Å². The van der Waals surface area contributed by atoms with Crippen LogP contribution in [0.3, 0.4) is 0 Å². The topological polar surface area (TPSA) is 32.6 Å². The number of hydrogen-bond donors (Lipinski definition) is 1. The molecule has 1 N–H and O–H groups in total. The zero-order valence-electron chi connectivity index (χ0n) is 12.1. The highest BCUT2D eigenvalue weighted by Gasteiger charge is 2.06. The van der Waals surface area contributed by atoms with Crippen LogP contribution in [0.5, 0.6) is 0 Å². The third-order valence-corrected chi connectivity index (χ3v) is 3.29. The summed E-state index contributed by atoms with van der Waals surface area (Å²) in [6.07, 6.45) is 2.04. The minimum atomic E-state index is 0.606. The molecule has 2 aromatic carbocycles. The summed E-state index contributed by atoms with van der Waals surface area (Å²) in [5.74, 6) is 0. The number of rotatable bonds is 3. The Bertz CT molecular complexity index is 634. The largest absolute Gasteiger partial charge is 0.411 e. The van der Waals surface area contributed by atoms with Crippen molar-refractivity contribution in [1.82, 2.24) is 0 Å². The summed E-state index contributed by atoms with van der Waals surface area (Å²) in [7, 11) is 0. The molecule has 0 saturated carbocycles. The molecule has 0 fully saturated rings. The summed E-state index contributed by atoms with van der Waals surface area (Å²) in [6.45, 7) is 5.93. The molecule has 2 rings (SSSR count). The van der Waals surface area contributed by atoms with E-state index in [0.717, 1.165) is 16.7 Å². The molecule has 0 bridgehead atoms. The van der Waals surface area contributed by atoms with Gasteiger partial charge in [0, 0.05) is 5.57 Å². The first-order chi connectivity index (χ1) is 9.60. The van der Waals surface area contributed by atoms with Gasteiger partial charge in [-0.15, -0.1) is 0 Å². The van der Waals surface area contributed by atoms with Gasteiger partial charge in [0.15, 0.2) is 0 Å². The molecular weight excluding hydrogens is 246 g/mol. The number of nitrogens with zero attached hydrogens (tertiary/aromatic N) is 1. The molecule has 2 heteroatoms. The lowest BCUT2D eigenvalue weighted by molar-refractivity contribution is 0.319. The van der Waals surface area contributed by atoms with Crippen molar-refractivity contribution in [3.8, 4) is 0 Å². The molecule has 0 unspecified atom stereocenters. The molecule has 0 spiro atoms. The van der Waals surface area contributed by atoms with Crippen LogP contribution in [0, 0.1) is 13.8 Å². The van der Waals surface area contributed by atoms with Crippen molar-refractivity contribution in [1.29, 1.82) is 0 Å². The van der Waals surface area contributed by atoms with Crippen LogP contribution < -0.4 is 0 Å². The van der Waals surface area contributed by atoms with Gasteiger partial charge < -0.3 is 5.21 Å². The predicted octanol–water partition coefficient (Wildman–Crippen LogP) is 4.69. The minimum Gasteiger partial charge on any atom is -0.411 e. The average Bonchev–Trinajstić information content (AvgIpc) is 2.47. The SMILES string of the molecule is CC(=N/O)/C(=C/c1ccc(C)cc1)c1ccc(C)cc1. The second kappa shape index (κ2) is 6.20. The van der Waals surface area contributed by atoms with Gasteiger partial charge in [-0.1, -0.05) is 64.8 Å². The Morgan fingerprint density at radius 3 is 1.90 bits per heavy atom. The van der Waals surface area contributed by atoms with Crippen molar-refractivity contribution in [2.45, 2.75) is 20.8 Å². The number of benzene rings is 2. The lowest BCUT2D eigenvalue weighted by Crippen LogP contribution is -1.97. The third kappa shape index (κ3) is 3.35. The number of hydrogen-bond acceptors (Lipinski definition) is 2. The molecule has 0 amide bonds. The second-order valence-corrected chi connectivity index (χ2v) is 5.02. The number of oxime groups is 1. The summed E-state index contributed by atoms with van der Waals surface area (Å²) in [5.41, 5.74) is 6.11. The zero-order valence-corrected chi connectivity index (χ0v) is 12.1. The monoisotopic (exact) mass is 265 g/mol. The Morgan fingerprint density at radius 2 is 1.40 bits per heavy atom. The lowest BCUT2D eigenvalue weighted by atomic mass is 9.98. The molecule has 0 radical (unpaired) electrons. The van der Waals surface area contributed by atoms with Gasteiger partial charge in [-0.25, -0.2) is 0 Å². The Labute approximate surface area is 120 Å². The van der Waals surface area contributed by atoms with Crippen LogP contribution in [0.2, 0.25) is 0 Å². The molecule has 0 aliphatic carbocycles. The van der Waals surface area contributed by atoms with Gasteiger partial charge in [0.05, 0.1) is 5.71 Å². The molecule has 0 aliphatic rings. The molecule has 2 aromatic rings. The van der Waals surface area contributed by atoms with Crippen molar-refractivity contribution in [3.63, 3.8) is 0 Å². The van der Waals surface area contributed by atoms with E-state index in [1.807, 2.05) is 18.2 Å². The molecule has 2 nitrogen and oxygen atoms in total. The summed E-state index contributed by atoms with van der Waals surface area (Å²) >= 11 is 0. The van der Waals surface area contributed by atoms with Gasteiger partial charge >= 0.3 is 0 Å². The van der Waals surface area contributed by atoms with Gasteiger partial charge in [0.2, 0.25) is 0 Å². The average molecular weight is 265 g/mol. The molecular formula is C18H19NO. The van der Waals surface area contributed by atoms with E-state index in [4.69, 9.17) is 5.21 Å². The number of allylic oxidation sites excluding steroid dienone is 1. The predicted molar refractivity (Wildman–Crippen MR) is 85.1 cm³/mol. The summed E-state index contributed by atoms with van der Waals surface area (Å²) < 4.78 is 0. The van der Waals surface area contributed by atoms with Gasteiger partial charge in [-0.05, 0) is 38.0 Å². The summed E-state index contributed by atoms with van der Waals surface area (Å²) in [4.78, 5) is 0. The van der Waals surface area contributed by atoms with Crippen LogP contribution >= 0.6 is 0 Å². The fourth-order valence-corrected chi connectivity index (χ4v) is 2.01. The first-order valence-electron chi connectivity index (χ1n) is 6.64. The van der Waals surface area contributed by atoms with Crippen molar-refractivity contribution in [3.05, 3.63) is 70.8 Å². The second-order valence-electron chi connectivity index (χ2n) is 5.02. The van der Waals surface area contributed by atoms with Gasteiger partial charge in [-0.2, -0.15) is 0 Å². The fraction of sp³-hybridized carbons (Fsp3) is 0.167. The zero-order chi connectivity index (χ0) is 14.5. The molecule has 0 atom stereocenters. The lowest BCUT2D eigenvalue weighted by Gasteiger charge is -2.07. The van der Waals surface area contributed by atoms with E-state index in [1.165, 1.54) is 11.1 Å². The fourth-order valence-electron chi connectivity index (χ4n) is 2.01. The molecule has 0 heterocycles. The van der Waals surface area contributed by atoms with E-state index in [9.17, 15) is 0 Å². The Kier molecular flexibility index (Phi) is 4.36. The standard InChI is InChI=1S/C18H19NO/c1-13-4-8-16(9-5-13)12-18(15(3)19-20)17-10-6-14(2)7-11-17/h4-12,20H,1-3H3/b18-12-,19-15-. The van der Waals surface area contributed by atoms with Crippen molar-refractivity contribution in [2.24, 2.45) is 5.16 Å². The van der Waals surface area contributed by atoms with E-state index >= 15 is 0 Å². The summed E-state index contributed by atoms with van der Waals surface area (Å²) in [5, 5.41) is 12.4. The molecule has 102 valence electrons. The third-order valence-electron chi connectivity index (χ3n) is 3.29. The van der Waals surface area contributed by atoms with Crippen LogP contribution in [0.15, 0.2) is 53.7 Å². The van der Waals surface area contributed by atoms with E-state index in [0.29, 0.717) is 5.71 Å². The van der Waals surface area contributed by atoms with Crippen LogP contribution in [-0.2, 0) is 0 Å². The van der Waals surface area contributed by atoms with Crippen LogP contribution in [-0.4, -0.2) is 10.9 Å². The normalized spacial score (nSPS) is 12.6. The van der Waals surface area contributed by atoms with Gasteiger partial charge in [0.25, 0.3) is 0 Å². The van der Waals surface area contributed by atoms with Crippen LogP contribution in [0.1, 0.15) is 29.2 Å². The Balaban J connectivity index is 2.47. The van der Waals surface area contributed by atoms with E-state index < -0.39 is 0 Å². The van der Waals surface area contributed by atoms with E-state index in [-0.39, 0.29) is 0 Å². The highest BCUT2D eigenvalue weighted by Crippen LogP contribution is 2.21. The highest BCUT2D eigenvalue weighted by molar-refractivity contribution is 6.26.